The lowest BCUT2D eigenvalue weighted by Gasteiger charge is -2.32. The Morgan fingerprint density at radius 1 is 1.26 bits per heavy atom. The summed E-state index contributed by atoms with van der Waals surface area (Å²) in [6.45, 7) is 2.11. The number of nitrogens with zero attached hydrogens (tertiary/aromatic N) is 2. The Bertz CT molecular complexity index is 1090. The standard InChI is InChI=1S/C23H26N2O5S/c1-23(29-2)9-8-15-18(11-23)31-17(10-16(26)13-4-3-5-14(13)22(27)28)19(15)21-24-20(25-30-21)12-6-7-12/h12H,3-11H2,1-2H3,(H,27,28)/t23-/m1/s1. The van der Waals surface area contributed by atoms with Gasteiger partial charge in [0.1, 0.15) is 0 Å². The van der Waals surface area contributed by atoms with Gasteiger partial charge in [0, 0.05) is 46.8 Å². The minimum absolute atomic E-state index is 0.105. The van der Waals surface area contributed by atoms with E-state index in [0.29, 0.717) is 30.2 Å². The second-order valence-electron chi connectivity index (χ2n) is 9.08. The molecule has 1 N–H and O–H groups in total. The van der Waals surface area contributed by atoms with Crippen molar-refractivity contribution in [2.24, 2.45) is 0 Å². The summed E-state index contributed by atoms with van der Waals surface area (Å²) in [6.07, 6.45) is 6.54. The molecule has 7 nitrogen and oxygen atoms in total. The Balaban J connectivity index is 1.53. The van der Waals surface area contributed by atoms with Crippen LogP contribution in [0, 0.1) is 0 Å². The van der Waals surface area contributed by atoms with Crippen LogP contribution in [-0.2, 0) is 33.6 Å². The van der Waals surface area contributed by atoms with Crippen LogP contribution in [0.5, 0.6) is 0 Å². The van der Waals surface area contributed by atoms with Crippen LogP contribution in [0.3, 0.4) is 0 Å². The number of fused-ring (bicyclic) bond motifs is 1. The molecule has 1 atom stereocenters. The second-order valence-corrected chi connectivity index (χ2v) is 10.3. The molecule has 1 saturated carbocycles. The molecule has 5 rings (SSSR count). The van der Waals surface area contributed by atoms with Gasteiger partial charge in [-0.05, 0) is 57.4 Å². The Hall–Kier alpha value is -2.32. The molecular weight excluding hydrogens is 416 g/mol. The van der Waals surface area contributed by atoms with Crippen molar-refractivity contribution in [1.29, 1.82) is 0 Å². The van der Waals surface area contributed by atoms with Crippen molar-refractivity contribution in [3.05, 3.63) is 32.3 Å². The lowest BCUT2D eigenvalue weighted by atomic mass is 9.84. The van der Waals surface area contributed by atoms with Crippen LogP contribution in [0.15, 0.2) is 15.7 Å². The van der Waals surface area contributed by atoms with Crippen LogP contribution < -0.4 is 0 Å². The van der Waals surface area contributed by atoms with E-state index in [1.54, 1.807) is 18.4 Å². The average Bonchev–Trinajstić information content (AvgIpc) is 3.16. The monoisotopic (exact) mass is 442 g/mol. The van der Waals surface area contributed by atoms with Crippen LogP contribution in [-0.4, -0.2) is 39.7 Å². The highest BCUT2D eigenvalue weighted by atomic mass is 32.1. The normalized spacial score (nSPS) is 23.3. The van der Waals surface area contributed by atoms with Gasteiger partial charge >= 0.3 is 5.97 Å². The maximum absolute atomic E-state index is 13.1. The number of rotatable bonds is 7. The highest BCUT2D eigenvalue weighted by molar-refractivity contribution is 7.12. The Kier molecular flexibility index (Phi) is 5.09. The molecule has 0 radical (unpaired) electrons. The molecule has 2 heterocycles. The summed E-state index contributed by atoms with van der Waals surface area (Å²) in [5, 5.41) is 13.6. The molecule has 3 aliphatic rings. The van der Waals surface area contributed by atoms with E-state index in [2.05, 4.69) is 17.1 Å². The largest absolute Gasteiger partial charge is 0.478 e. The van der Waals surface area contributed by atoms with E-state index in [1.807, 2.05) is 0 Å². The summed E-state index contributed by atoms with van der Waals surface area (Å²) in [5.74, 6) is 0.536. The number of carbonyl (C=O) groups excluding carboxylic acids is 1. The maximum Gasteiger partial charge on any atom is 0.331 e. The van der Waals surface area contributed by atoms with Gasteiger partial charge in [-0.25, -0.2) is 4.79 Å². The predicted octanol–water partition coefficient (Wildman–Crippen LogP) is 4.25. The number of carbonyl (C=O) groups is 2. The predicted molar refractivity (Wildman–Crippen MR) is 114 cm³/mol. The van der Waals surface area contributed by atoms with Crippen molar-refractivity contribution in [2.45, 2.75) is 76.2 Å². The number of Topliss-reactive ketones (excluding diaryl/α,β-unsaturated/α-hetero) is 1. The fourth-order valence-electron chi connectivity index (χ4n) is 4.72. The van der Waals surface area contributed by atoms with Gasteiger partial charge in [-0.3, -0.25) is 4.79 Å². The number of hydrogen-bond donors (Lipinski definition) is 1. The molecule has 0 aliphatic heterocycles. The summed E-state index contributed by atoms with van der Waals surface area (Å²) < 4.78 is 11.4. The van der Waals surface area contributed by atoms with E-state index in [4.69, 9.17) is 9.26 Å². The van der Waals surface area contributed by atoms with Crippen LogP contribution in [0.1, 0.15) is 72.5 Å². The van der Waals surface area contributed by atoms with E-state index in [1.165, 1.54) is 10.4 Å². The zero-order valence-corrected chi connectivity index (χ0v) is 18.6. The highest BCUT2D eigenvalue weighted by Gasteiger charge is 2.37. The number of carboxylic acid groups (broad SMARTS) is 1. The van der Waals surface area contributed by atoms with Gasteiger partial charge < -0.3 is 14.4 Å². The minimum Gasteiger partial charge on any atom is -0.478 e. The first-order valence-electron chi connectivity index (χ1n) is 10.9. The molecule has 2 aromatic rings. The third-order valence-corrected chi connectivity index (χ3v) is 8.06. The summed E-state index contributed by atoms with van der Waals surface area (Å²) >= 11 is 1.61. The number of allylic oxidation sites excluding steroid dienone is 1. The van der Waals surface area contributed by atoms with Crippen LogP contribution >= 0.6 is 11.3 Å². The van der Waals surface area contributed by atoms with Crippen LogP contribution in [0.4, 0.5) is 0 Å². The lowest BCUT2D eigenvalue weighted by Crippen LogP contribution is -2.33. The van der Waals surface area contributed by atoms with Gasteiger partial charge in [-0.15, -0.1) is 11.3 Å². The van der Waals surface area contributed by atoms with Gasteiger partial charge in [-0.1, -0.05) is 5.16 Å². The molecule has 0 amide bonds. The quantitative estimate of drug-likeness (QED) is 0.684. The number of aromatic nitrogens is 2. The van der Waals surface area contributed by atoms with Gasteiger partial charge in [0.05, 0.1) is 11.2 Å². The number of ketones is 1. The first-order valence-corrected chi connectivity index (χ1v) is 11.7. The molecule has 0 bridgehead atoms. The molecular formula is C23H26N2O5S. The Labute approximate surface area is 184 Å². The van der Waals surface area contributed by atoms with E-state index >= 15 is 0 Å². The molecule has 0 saturated heterocycles. The molecule has 0 unspecified atom stereocenters. The summed E-state index contributed by atoms with van der Waals surface area (Å²) in [7, 11) is 1.74. The smallest absolute Gasteiger partial charge is 0.331 e. The van der Waals surface area contributed by atoms with Crippen molar-refractivity contribution < 1.29 is 24.0 Å². The number of ether oxygens (including phenoxy) is 1. The molecule has 0 spiro atoms. The van der Waals surface area contributed by atoms with Gasteiger partial charge in [-0.2, -0.15) is 4.98 Å². The fourth-order valence-corrected chi connectivity index (χ4v) is 6.24. The number of hydrogen-bond acceptors (Lipinski definition) is 7. The molecule has 8 heteroatoms. The average molecular weight is 443 g/mol. The first-order chi connectivity index (χ1) is 14.9. The summed E-state index contributed by atoms with van der Waals surface area (Å²) in [4.78, 5) is 31.4. The fraction of sp³-hybridized carbons (Fsp3) is 0.565. The summed E-state index contributed by atoms with van der Waals surface area (Å²) in [6, 6.07) is 0. The maximum atomic E-state index is 13.1. The van der Waals surface area contributed by atoms with Crippen molar-refractivity contribution in [3.8, 4) is 11.5 Å². The lowest BCUT2D eigenvalue weighted by molar-refractivity contribution is -0.133. The van der Waals surface area contributed by atoms with Gasteiger partial charge in [0.2, 0.25) is 0 Å². The molecule has 3 aliphatic carbocycles. The summed E-state index contributed by atoms with van der Waals surface area (Å²) in [5.41, 5.74) is 2.58. The number of methoxy groups -OCH3 is 1. The van der Waals surface area contributed by atoms with E-state index in [-0.39, 0.29) is 23.4 Å². The zero-order chi connectivity index (χ0) is 21.8. The topological polar surface area (TPSA) is 103 Å². The molecule has 31 heavy (non-hydrogen) atoms. The SMILES string of the molecule is CO[C@]1(C)CCc2c(sc(CC(=O)C3=C(C(=O)O)CCC3)c2-c2nc(C3CC3)no2)C1. The number of thiophene rings is 1. The first kappa shape index (κ1) is 20.6. The Morgan fingerprint density at radius 3 is 2.74 bits per heavy atom. The van der Waals surface area contributed by atoms with E-state index in [9.17, 15) is 14.7 Å². The molecule has 1 fully saturated rings. The second kappa shape index (κ2) is 7.67. The van der Waals surface area contributed by atoms with E-state index < -0.39 is 5.97 Å². The van der Waals surface area contributed by atoms with Crippen molar-refractivity contribution in [1.82, 2.24) is 10.1 Å². The number of aliphatic carboxylic acids is 1. The third-order valence-electron chi connectivity index (χ3n) is 6.83. The zero-order valence-electron chi connectivity index (χ0n) is 17.8. The molecule has 0 aromatic carbocycles. The van der Waals surface area contributed by atoms with Crippen LogP contribution in [0.25, 0.3) is 11.5 Å². The van der Waals surface area contributed by atoms with Gasteiger partial charge in [0.25, 0.3) is 5.89 Å². The van der Waals surface area contributed by atoms with Crippen molar-refractivity contribution in [2.75, 3.05) is 7.11 Å². The van der Waals surface area contributed by atoms with Crippen LogP contribution in [0.2, 0.25) is 0 Å². The number of carboxylic acids is 1. The van der Waals surface area contributed by atoms with Crippen molar-refractivity contribution >= 4 is 23.1 Å². The van der Waals surface area contributed by atoms with Gasteiger partial charge in [0.15, 0.2) is 11.6 Å². The highest BCUT2D eigenvalue weighted by Crippen LogP contribution is 2.45. The molecule has 2 aromatic heterocycles. The third kappa shape index (κ3) is 3.76. The van der Waals surface area contributed by atoms with E-state index in [0.717, 1.165) is 54.8 Å². The minimum atomic E-state index is -0.978. The molecule has 164 valence electrons. The van der Waals surface area contributed by atoms with Crippen molar-refractivity contribution in [3.63, 3.8) is 0 Å². The Morgan fingerprint density at radius 2 is 2.03 bits per heavy atom.